The van der Waals surface area contributed by atoms with Crippen molar-refractivity contribution in [2.75, 3.05) is 30.3 Å². The lowest BCUT2D eigenvalue weighted by Crippen LogP contribution is -2.45. The molecule has 20 heavy (non-hydrogen) atoms. The van der Waals surface area contributed by atoms with Crippen molar-refractivity contribution in [1.29, 1.82) is 0 Å². The van der Waals surface area contributed by atoms with Gasteiger partial charge in [0.15, 0.2) is 0 Å². The maximum atomic E-state index is 9.98. The minimum absolute atomic E-state index is 0.00261. The molecule has 2 heterocycles. The number of aromatic nitrogens is 2. The van der Waals surface area contributed by atoms with Crippen LogP contribution in [0.5, 0.6) is 5.88 Å². The highest BCUT2D eigenvalue weighted by molar-refractivity contribution is 5.46. The van der Waals surface area contributed by atoms with Crippen LogP contribution in [0.3, 0.4) is 0 Å². The first-order valence-electron chi connectivity index (χ1n) is 6.84. The molecule has 1 aliphatic rings. The fraction of sp³-hybridized carbons (Fsp3) is 0.692. The molecule has 7 nitrogen and oxygen atoms in total. The van der Waals surface area contributed by atoms with Crippen molar-refractivity contribution in [3.05, 3.63) is 6.07 Å². The number of rotatable bonds is 4. The first kappa shape index (κ1) is 14.8. The topological polar surface area (TPSA) is 105 Å². The van der Waals surface area contributed by atoms with E-state index in [-0.39, 0.29) is 24.6 Å². The number of piperidine rings is 1. The lowest BCUT2D eigenvalue weighted by atomic mass is 9.95. The van der Waals surface area contributed by atoms with Crippen LogP contribution in [0.4, 0.5) is 11.8 Å². The van der Waals surface area contributed by atoms with Crippen LogP contribution < -0.4 is 15.4 Å². The molecule has 7 heteroatoms. The van der Waals surface area contributed by atoms with Crippen LogP contribution in [-0.4, -0.2) is 52.1 Å². The second kappa shape index (κ2) is 6.23. The van der Waals surface area contributed by atoms with Gasteiger partial charge in [-0.05, 0) is 20.3 Å². The summed E-state index contributed by atoms with van der Waals surface area (Å²) in [6.07, 6.45) is 0.143. The predicted molar refractivity (Wildman–Crippen MR) is 75.6 cm³/mol. The number of nitrogens with two attached hydrogens (primary N) is 1. The molecule has 1 fully saturated rings. The normalized spacial score (nSPS) is 23.1. The molecule has 1 aliphatic heterocycles. The van der Waals surface area contributed by atoms with Gasteiger partial charge in [-0.15, -0.1) is 0 Å². The van der Waals surface area contributed by atoms with Crippen molar-refractivity contribution in [1.82, 2.24) is 9.97 Å². The summed E-state index contributed by atoms with van der Waals surface area (Å²) >= 11 is 0. The number of hydrogen-bond donors (Lipinski definition) is 3. The summed E-state index contributed by atoms with van der Waals surface area (Å²) < 4.78 is 5.54. The predicted octanol–water partition coefficient (Wildman–Crippen LogP) is 0.0255. The van der Waals surface area contributed by atoms with Crippen LogP contribution in [0.15, 0.2) is 6.07 Å². The molecule has 0 spiro atoms. The lowest BCUT2D eigenvalue weighted by molar-refractivity contribution is 0.0545. The molecule has 1 aromatic heterocycles. The summed E-state index contributed by atoms with van der Waals surface area (Å²) in [5.74, 6) is 1.15. The zero-order chi connectivity index (χ0) is 14.7. The highest BCUT2D eigenvalue weighted by atomic mass is 16.5. The summed E-state index contributed by atoms with van der Waals surface area (Å²) in [7, 11) is 0. The average Bonchev–Trinajstić information content (AvgIpc) is 2.37. The molecule has 0 bridgehead atoms. The number of ether oxygens (including phenoxy) is 1. The van der Waals surface area contributed by atoms with E-state index < -0.39 is 6.10 Å². The molecule has 0 saturated carbocycles. The lowest BCUT2D eigenvalue weighted by Gasteiger charge is -2.35. The van der Waals surface area contributed by atoms with E-state index in [1.165, 1.54) is 0 Å². The van der Waals surface area contributed by atoms with Crippen LogP contribution in [0, 0.1) is 5.92 Å². The van der Waals surface area contributed by atoms with Gasteiger partial charge in [-0.3, -0.25) is 0 Å². The monoisotopic (exact) mass is 282 g/mol. The van der Waals surface area contributed by atoms with Crippen LogP contribution in [0.1, 0.15) is 20.3 Å². The van der Waals surface area contributed by atoms with Gasteiger partial charge >= 0.3 is 0 Å². The first-order chi connectivity index (χ1) is 9.49. The SMILES string of the molecule is CC(C)Oc1cc(N2CC[C@@H](CO)[C@H](O)C2)nc(N)n1. The third-order valence-electron chi connectivity index (χ3n) is 3.34. The zero-order valence-electron chi connectivity index (χ0n) is 11.9. The molecule has 0 aromatic carbocycles. The standard InChI is InChI=1S/C13H22N4O3/c1-8(2)20-12-5-11(15-13(14)16-12)17-4-3-9(7-18)10(19)6-17/h5,8-10,18-19H,3-4,6-7H2,1-2H3,(H2,14,15,16)/t9-,10+/m0/s1. The molecular formula is C13H22N4O3. The van der Waals surface area contributed by atoms with E-state index >= 15 is 0 Å². The summed E-state index contributed by atoms with van der Waals surface area (Å²) in [6.45, 7) is 4.95. The Balaban J connectivity index is 2.14. The van der Waals surface area contributed by atoms with Crippen molar-refractivity contribution >= 4 is 11.8 Å². The Morgan fingerprint density at radius 2 is 2.25 bits per heavy atom. The van der Waals surface area contributed by atoms with E-state index in [0.29, 0.717) is 31.2 Å². The Morgan fingerprint density at radius 1 is 1.50 bits per heavy atom. The Labute approximate surface area is 118 Å². The van der Waals surface area contributed by atoms with Gasteiger partial charge in [0, 0.05) is 31.7 Å². The Kier molecular flexibility index (Phi) is 4.61. The van der Waals surface area contributed by atoms with E-state index in [1.54, 1.807) is 6.07 Å². The van der Waals surface area contributed by atoms with Crippen molar-refractivity contribution in [2.45, 2.75) is 32.5 Å². The number of hydrogen-bond acceptors (Lipinski definition) is 7. The zero-order valence-corrected chi connectivity index (χ0v) is 11.9. The third kappa shape index (κ3) is 3.49. The van der Waals surface area contributed by atoms with Crippen molar-refractivity contribution < 1.29 is 14.9 Å². The van der Waals surface area contributed by atoms with Crippen molar-refractivity contribution in [3.8, 4) is 5.88 Å². The van der Waals surface area contributed by atoms with Gasteiger partial charge in [0.25, 0.3) is 0 Å². The summed E-state index contributed by atoms with van der Waals surface area (Å²) in [6, 6.07) is 1.72. The van der Waals surface area contributed by atoms with Crippen LogP contribution >= 0.6 is 0 Å². The number of aliphatic hydroxyl groups is 2. The minimum Gasteiger partial charge on any atom is -0.475 e. The van der Waals surface area contributed by atoms with Gasteiger partial charge in [-0.1, -0.05) is 0 Å². The van der Waals surface area contributed by atoms with Gasteiger partial charge in [0.1, 0.15) is 5.82 Å². The second-order valence-electron chi connectivity index (χ2n) is 5.33. The summed E-state index contributed by atoms with van der Waals surface area (Å²) in [5.41, 5.74) is 5.70. The first-order valence-corrected chi connectivity index (χ1v) is 6.84. The van der Waals surface area contributed by atoms with E-state index in [1.807, 2.05) is 18.7 Å². The van der Waals surface area contributed by atoms with E-state index in [9.17, 15) is 5.11 Å². The van der Waals surface area contributed by atoms with Gasteiger partial charge in [0.05, 0.1) is 12.2 Å². The maximum Gasteiger partial charge on any atom is 0.225 e. The number of aliphatic hydroxyl groups excluding tert-OH is 2. The summed E-state index contributed by atoms with van der Waals surface area (Å²) in [4.78, 5) is 10.2. The molecule has 0 aliphatic carbocycles. The minimum atomic E-state index is -0.570. The van der Waals surface area contributed by atoms with E-state index in [0.717, 1.165) is 0 Å². The number of nitrogens with zero attached hydrogens (tertiary/aromatic N) is 3. The highest BCUT2D eigenvalue weighted by Gasteiger charge is 2.28. The van der Waals surface area contributed by atoms with Gasteiger partial charge in [0.2, 0.25) is 11.8 Å². The second-order valence-corrected chi connectivity index (χ2v) is 5.33. The van der Waals surface area contributed by atoms with Crippen molar-refractivity contribution in [2.24, 2.45) is 5.92 Å². The molecule has 0 amide bonds. The third-order valence-corrected chi connectivity index (χ3v) is 3.34. The Morgan fingerprint density at radius 3 is 2.85 bits per heavy atom. The molecule has 0 unspecified atom stereocenters. The van der Waals surface area contributed by atoms with Crippen LogP contribution in [-0.2, 0) is 0 Å². The molecule has 2 rings (SSSR count). The van der Waals surface area contributed by atoms with E-state index in [4.69, 9.17) is 15.6 Å². The molecule has 4 N–H and O–H groups in total. The molecule has 112 valence electrons. The van der Waals surface area contributed by atoms with Crippen molar-refractivity contribution in [3.63, 3.8) is 0 Å². The Bertz CT molecular complexity index is 455. The summed E-state index contributed by atoms with van der Waals surface area (Å²) in [5, 5.41) is 19.1. The van der Waals surface area contributed by atoms with Gasteiger partial charge in [-0.2, -0.15) is 9.97 Å². The van der Waals surface area contributed by atoms with Gasteiger partial charge < -0.3 is 25.6 Å². The fourth-order valence-corrected chi connectivity index (χ4v) is 2.30. The largest absolute Gasteiger partial charge is 0.475 e. The van der Waals surface area contributed by atoms with Crippen LogP contribution in [0.2, 0.25) is 0 Å². The highest BCUT2D eigenvalue weighted by Crippen LogP contribution is 2.25. The molecule has 0 radical (unpaired) electrons. The number of anilines is 2. The molecule has 1 saturated heterocycles. The van der Waals surface area contributed by atoms with Crippen LogP contribution in [0.25, 0.3) is 0 Å². The van der Waals surface area contributed by atoms with E-state index in [2.05, 4.69) is 9.97 Å². The molecular weight excluding hydrogens is 260 g/mol. The molecule has 1 aromatic rings. The Hall–Kier alpha value is -1.60. The molecule has 2 atom stereocenters. The number of β-amino-alcohol motifs (C(OH)–C–C–N with tert-alkyl or cyclic N) is 1. The quantitative estimate of drug-likeness (QED) is 0.715. The number of nitrogen functional groups attached to an aromatic ring is 1. The fourth-order valence-electron chi connectivity index (χ4n) is 2.30. The maximum absolute atomic E-state index is 9.98. The van der Waals surface area contributed by atoms with Gasteiger partial charge in [-0.25, -0.2) is 0 Å². The smallest absolute Gasteiger partial charge is 0.225 e. The average molecular weight is 282 g/mol.